The fraction of sp³-hybridized carbons (Fsp3) is 0.545. The van der Waals surface area contributed by atoms with E-state index in [1.165, 1.54) is 6.33 Å². The van der Waals surface area contributed by atoms with Crippen LogP contribution in [0.1, 0.15) is 18.5 Å². The van der Waals surface area contributed by atoms with Crippen molar-refractivity contribution in [2.45, 2.75) is 25.8 Å². The van der Waals surface area contributed by atoms with Crippen molar-refractivity contribution in [3.63, 3.8) is 0 Å². The lowest BCUT2D eigenvalue weighted by molar-refractivity contribution is 0.0903. The first-order chi connectivity index (χ1) is 8.33. The molecule has 0 spiro atoms. The highest BCUT2D eigenvalue weighted by atomic mass is 16.5. The van der Waals surface area contributed by atoms with E-state index >= 15 is 0 Å². The number of hydrogen-bond donors (Lipinski definition) is 1. The lowest BCUT2D eigenvalue weighted by Crippen LogP contribution is -2.28. The van der Waals surface area contributed by atoms with Gasteiger partial charge in [-0.15, -0.1) is 0 Å². The van der Waals surface area contributed by atoms with Gasteiger partial charge in [-0.3, -0.25) is 0 Å². The number of aromatic nitrogens is 4. The Hall–Kier alpha value is -1.69. The fourth-order valence-electron chi connectivity index (χ4n) is 2.08. The molecule has 1 aliphatic rings. The van der Waals surface area contributed by atoms with Gasteiger partial charge in [0, 0.05) is 31.0 Å². The van der Waals surface area contributed by atoms with Gasteiger partial charge in [0.2, 0.25) is 0 Å². The Morgan fingerprint density at radius 3 is 3.06 bits per heavy atom. The summed E-state index contributed by atoms with van der Waals surface area (Å²) in [4.78, 5) is 8.42. The van der Waals surface area contributed by atoms with Crippen molar-refractivity contribution in [2.24, 2.45) is 0 Å². The zero-order valence-electron chi connectivity index (χ0n) is 9.76. The van der Waals surface area contributed by atoms with Crippen LogP contribution < -0.4 is 5.32 Å². The standard InChI is InChI=1S/C11H15N5O/c1-8-6-10(15-9-2-4-17-5-3-9)16-11(14-8)12-7-13-16/h6-7,9,15H,2-5H2,1H3. The molecule has 2 aromatic rings. The Morgan fingerprint density at radius 2 is 2.24 bits per heavy atom. The van der Waals surface area contributed by atoms with Gasteiger partial charge in [-0.05, 0) is 19.8 Å². The van der Waals surface area contributed by atoms with E-state index < -0.39 is 0 Å². The van der Waals surface area contributed by atoms with Crippen LogP contribution in [0.2, 0.25) is 0 Å². The van der Waals surface area contributed by atoms with Gasteiger partial charge < -0.3 is 10.1 Å². The monoisotopic (exact) mass is 233 g/mol. The minimum Gasteiger partial charge on any atom is -0.381 e. The SMILES string of the molecule is Cc1cc(NC2CCOCC2)n2ncnc2n1. The topological polar surface area (TPSA) is 64.3 Å². The predicted molar refractivity (Wildman–Crippen MR) is 63.0 cm³/mol. The number of fused-ring (bicyclic) bond motifs is 1. The van der Waals surface area contributed by atoms with Crippen LogP contribution in [-0.2, 0) is 4.74 Å². The Labute approximate surface area is 99.0 Å². The third kappa shape index (κ3) is 2.08. The van der Waals surface area contributed by atoms with E-state index in [4.69, 9.17) is 4.74 Å². The number of nitrogens with zero attached hydrogens (tertiary/aromatic N) is 4. The van der Waals surface area contributed by atoms with E-state index in [0.29, 0.717) is 11.8 Å². The molecule has 2 aromatic heterocycles. The molecule has 0 saturated carbocycles. The Bertz CT molecular complexity index is 518. The van der Waals surface area contributed by atoms with Gasteiger partial charge in [-0.25, -0.2) is 4.98 Å². The number of anilines is 1. The molecule has 1 fully saturated rings. The zero-order valence-corrected chi connectivity index (χ0v) is 9.76. The Kier molecular flexibility index (Phi) is 2.64. The maximum Gasteiger partial charge on any atom is 0.254 e. The molecule has 1 saturated heterocycles. The second-order valence-electron chi connectivity index (χ2n) is 4.29. The molecule has 0 bridgehead atoms. The van der Waals surface area contributed by atoms with Crippen molar-refractivity contribution in [3.05, 3.63) is 18.1 Å². The van der Waals surface area contributed by atoms with Crippen molar-refractivity contribution in [3.8, 4) is 0 Å². The Balaban J connectivity index is 1.90. The number of rotatable bonds is 2. The molecule has 17 heavy (non-hydrogen) atoms. The highest BCUT2D eigenvalue weighted by molar-refractivity contribution is 5.45. The quantitative estimate of drug-likeness (QED) is 0.839. The molecule has 3 heterocycles. The molecule has 1 aliphatic heterocycles. The largest absolute Gasteiger partial charge is 0.381 e. The highest BCUT2D eigenvalue weighted by Crippen LogP contribution is 2.16. The molecule has 0 amide bonds. The van der Waals surface area contributed by atoms with Gasteiger partial charge in [0.25, 0.3) is 5.78 Å². The van der Waals surface area contributed by atoms with E-state index in [9.17, 15) is 0 Å². The van der Waals surface area contributed by atoms with Crippen LogP contribution in [0.4, 0.5) is 5.82 Å². The van der Waals surface area contributed by atoms with Crippen LogP contribution in [-0.4, -0.2) is 38.8 Å². The summed E-state index contributed by atoms with van der Waals surface area (Å²) in [7, 11) is 0. The van der Waals surface area contributed by atoms with Crippen LogP contribution in [0.15, 0.2) is 12.4 Å². The summed E-state index contributed by atoms with van der Waals surface area (Å²) in [5, 5.41) is 7.67. The normalized spacial score (nSPS) is 17.5. The molecule has 0 atom stereocenters. The summed E-state index contributed by atoms with van der Waals surface area (Å²) in [6.45, 7) is 3.61. The minimum absolute atomic E-state index is 0.443. The molecule has 0 aliphatic carbocycles. The second-order valence-corrected chi connectivity index (χ2v) is 4.29. The molecule has 0 radical (unpaired) electrons. The minimum atomic E-state index is 0.443. The van der Waals surface area contributed by atoms with E-state index in [1.807, 2.05) is 13.0 Å². The third-order valence-electron chi connectivity index (χ3n) is 2.95. The van der Waals surface area contributed by atoms with Crippen LogP contribution in [0.25, 0.3) is 5.78 Å². The fourth-order valence-corrected chi connectivity index (χ4v) is 2.08. The van der Waals surface area contributed by atoms with E-state index in [0.717, 1.165) is 37.6 Å². The van der Waals surface area contributed by atoms with Gasteiger partial charge >= 0.3 is 0 Å². The van der Waals surface area contributed by atoms with E-state index in [2.05, 4.69) is 20.4 Å². The molecule has 6 heteroatoms. The van der Waals surface area contributed by atoms with Crippen LogP contribution >= 0.6 is 0 Å². The van der Waals surface area contributed by atoms with Gasteiger partial charge in [-0.1, -0.05) is 0 Å². The van der Waals surface area contributed by atoms with Crippen molar-refractivity contribution in [1.82, 2.24) is 19.6 Å². The number of aryl methyl sites for hydroxylation is 1. The molecular formula is C11H15N5O. The number of ether oxygens (including phenoxy) is 1. The third-order valence-corrected chi connectivity index (χ3v) is 2.95. The van der Waals surface area contributed by atoms with Crippen molar-refractivity contribution in [1.29, 1.82) is 0 Å². The first-order valence-corrected chi connectivity index (χ1v) is 5.84. The molecule has 3 rings (SSSR count). The summed E-state index contributed by atoms with van der Waals surface area (Å²) >= 11 is 0. The second kappa shape index (κ2) is 4.29. The predicted octanol–water partition coefficient (Wildman–Crippen LogP) is 1.02. The summed E-state index contributed by atoms with van der Waals surface area (Å²) in [6.07, 6.45) is 3.58. The van der Waals surface area contributed by atoms with Gasteiger partial charge in [-0.2, -0.15) is 14.6 Å². The van der Waals surface area contributed by atoms with Crippen molar-refractivity contribution in [2.75, 3.05) is 18.5 Å². The van der Waals surface area contributed by atoms with E-state index in [1.54, 1.807) is 4.52 Å². The first-order valence-electron chi connectivity index (χ1n) is 5.84. The molecule has 0 aromatic carbocycles. The molecule has 1 N–H and O–H groups in total. The maximum atomic E-state index is 5.35. The summed E-state index contributed by atoms with van der Waals surface area (Å²) in [5.74, 6) is 1.59. The van der Waals surface area contributed by atoms with Gasteiger partial charge in [0.05, 0.1) is 0 Å². The average Bonchev–Trinajstić information content (AvgIpc) is 2.78. The average molecular weight is 233 g/mol. The summed E-state index contributed by atoms with van der Waals surface area (Å²) < 4.78 is 7.09. The lowest BCUT2D eigenvalue weighted by atomic mass is 10.1. The maximum absolute atomic E-state index is 5.35. The smallest absolute Gasteiger partial charge is 0.254 e. The van der Waals surface area contributed by atoms with Crippen molar-refractivity contribution < 1.29 is 4.74 Å². The molecule has 0 unspecified atom stereocenters. The van der Waals surface area contributed by atoms with Crippen LogP contribution in [0, 0.1) is 6.92 Å². The number of hydrogen-bond acceptors (Lipinski definition) is 5. The van der Waals surface area contributed by atoms with Gasteiger partial charge in [0.1, 0.15) is 12.1 Å². The van der Waals surface area contributed by atoms with Crippen LogP contribution in [0.5, 0.6) is 0 Å². The molecule has 6 nitrogen and oxygen atoms in total. The van der Waals surface area contributed by atoms with E-state index in [-0.39, 0.29) is 0 Å². The van der Waals surface area contributed by atoms with Crippen molar-refractivity contribution >= 4 is 11.6 Å². The molecule has 90 valence electrons. The lowest BCUT2D eigenvalue weighted by Gasteiger charge is -2.24. The highest BCUT2D eigenvalue weighted by Gasteiger charge is 2.15. The Morgan fingerprint density at radius 1 is 1.41 bits per heavy atom. The summed E-state index contributed by atoms with van der Waals surface area (Å²) in [6, 6.07) is 2.44. The zero-order chi connectivity index (χ0) is 11.7. The molecular weight excluding hydrogens is 218 g/mol. The first kappa shape index (κ1) is 10.5. The number of nitrogens with one attached hydrogen (secondary N) is 1. The van der Waals surface area contributed by atoms with Gasteiger partial charge in [0.15, 0.2) is 0 Å². The summed E-state index contributed by atoms with van der Waals surface area (Å²) in [5.41, 5.74) is 0.944. The van der Waals surface area contributed by atoms with Crippen LogP contribution in [0.3, 0.4) is 0 Å².